The van der Waals surface area contributed by atoms with Crippen LogP contribution in [0.5, 0.6) is 5.88 Å². The van der Waals surface area contributed by atoms with Gasteiger partial charge in [-0.25, -0.2) is 4.98 Å². The van der Waals surface area contributed by atoms with Crippen molar-refractivity contribution in [2.45, 2.75) is 13.3 Å². The van der Waals surface area contributed by atoms with Gasteiger partial charge in [-0.05, 0) is 35.7 Å². The maximum atomic E-state index is 5.51. The Kier molecular flexibility index (Phi) is 3.93. The number of rotatable bonds is 3. The quantitative estimate of drug-likeness (QED) is 0.650. The molecule has 0 saturated carbocycles. The van der Waals surface area contributed by atoms with Crippen LogP contribution in [0, 0.1) is 0 Å². The summed E-state index contributed by atoms with van der Waals surface area (Å²) in [6, 6.07) is 16.6. The van der Waals surface area contributed by atoms with Crippen molar-refractivity contribution in [2.75, 3.05) is 7.11 Å². The van der Waals surface area contributed by atoms with Gasteiger partial charge in [0.1, 0.15) is 0 Å². The second-order valence-corrected chi connectivity index (χ2v) is 5.77. The lowest BCUT2D eigenvalue weighted by atomic mass is 9.95. The average Bonchev–Trinajstić information content (AvgIpc) is 2.52. The first kappa shape index (κ1) is 14.1. The van der Waals surface area contributed by atoms with Crippen molar-refractivity contribution in [3.05, 3.63) is 58.6 Å². The van der Waals surface area contributed by atoms with E-state index < -0.39 is 0 Å². The molecule has 0 aliphatic heterocycles. The van der Waals surface area contributed by atoms with Gasteiger partial charge < -0.3 is 4.74 Å². The van der Waals surface area contributed by atoms with Crippen molar-refractivity contribution >= 4 is 26.8 Å². The Morgan fingerprint density at radius 3 is 2.62 bits per heavy atom. The molecule has 0 aliphatic carbocycles. The fourth-order valence-corrected chi connectivity index (χ4v) is 3.10. The molecule has 0 aliphatic rings. The lowest BCUT2D eigenvalue weighted by Crippen LogP contribution is -1.99. The number of hydrogen-bond acceptors (Lipinski definition) is 2. The summed E-state index contributed by atoms with van der Waals surface area (Å²) in [5.74, 6) is 0.714. The molecule has 0 radical (unpaired) electrons. The van der Waals surface area contributed by atoms with Gasteiger partial charge in [0.2, 0.25) is 5.88 Å². The summed E-state index contributed by atoms with van der Waals surface area (Å²) < 4.78 is 6.59. The zero-order valence-electron chi connectivity index (χ0n) is 12.1. The van der Waals surface area contributed by atoms with Gasteiger partial charge in [0.15, 0.2) is 0 Å². The highest BCUT2D eigenvalue weighted by Crippen LogP contribution is 2.37. The number of fused-ring (bicyclic) bond motifs is 1. The van der Waals surface area contributed by atoms with Crippen molar-refractivity contribution in [3.63, 3.8) is 0 Å². The zero-order valence-corrected chi connectivity index (χ0v) is 13.6. The van der Waals surface area contributed by atoms with E-state index in [9.17, 15) is 0 Å². The number of hydrogen-bond donors (Lipinski definition) is 0. The maximum Gasteiger partial charge on any atom is 0.217 e. The van der Waals surface area contributed by atoms with Crippen molar-refractivity contribution in [1.29, 1.82) is 0 Å². The molecule has 0 unspecified atom stereocenters. The van der Waals surface area contributed by atoms with Crippen LogP contribution in [0.25, 0.3) is 22.0 Å². The van der Waals surface area contributed by atoms with E-state index in [1.54, 1.807) is 7.11 Å². The Hall–Kier alpha value is -1.87. The molecule has 0 N–H and O–H groups in total. The number of methoxy groups -OCH3 is 1. The van der Waals surface area contributed by atoms with E-state index >= 15 is 0 Å². The number of halogens is 1. The van der Waals surface area contributed by atoms with Crippen LogP contribution >= 0.6 is 15.9 Å². The standard InChI is InChI=1S/C18H16BrNO/c1-3-14-17(12-7-6-8-13(19)11-12)15-9-4-5-10-16(15)20-18(14)21-2/h4-11H,3H2,1-2H3. The number of pyridine rings is 1. The molecule has 21 heavy (non-hydrogen) atoms. The summed E-state index contributed by atoms with van der Waals surface area (Å²) in [6.07, 6.45) is 0.878. The monoisotopic (exact) mass is 341 g/mol. The van der Waals surface area contributed by atoms with Crippen LogP contribution in [-0.2, 0) is 6.42 Å². The van der Waals surface area contributed by atoms with Crippen molar-refractivity contribution in [3.8, 4) is 17.0 Å². The average molecular weight is 342 g/mol. The summed E-state index contributed by atoms with van der Waals surface area (Å²) in [5.41, 5.74) is 4.50. The smallest absolute Gasteiger partial charge is 0.217 e. The fourth-order valence-electron chi connectivity index (χ4n) is 2.70. The molecule has 0 bridgehead atoms. The van der Waals surface area contributed by atoms with Gasteiger partial charge in [-0.2, -0.15) is 0 Å². The van der Waals surface area contributed by atoms with E-state index in [0.29, 0.717) is 5.88 Å². The van der Waals surface area contributed by atoms with Gasteiger partial charge in [-0.3, -0.25) is 0 Å². The normalized spacial score (nSPS) is 10.8. The van der Waals surface area contributed by atoms with Gasteiger partial charge >= 0.3 is 0 Å². The summed E-state index contributed by atoms with van der Waals surface area (Å²) in [5, 5.41) is 1.16. The minimum absolute atomic E-state index is 0.714. The SMILES string of the molecule is CCc1c(OC)nc2ccccc2c1-c1cccc(Br)c1. The van der Waals surface area contributed by atoms with E-state index in [2.05, 4.69) is 58.2 Å². The highest BCUT2D eigenvalue weighted by Gasteiger charge is 2.15. The Labute approximate surface area is 132 Å². The number of nitrogens with zero attached hydrogens (tertiary/aromatic N) is 1. The molecule has 0 atom stereocenters. The molecule has 0 amide bonds. The van der Waals surface area contributed by atoms with Crippen molar-refractivity contribution < 1.29 is 4.74 Å². The second-order valence-electron chi connectivity index (χ2n) is 4.86. The molecule has 106 valence electrons. The minimum Gasteiger partial charge on any atom is -0.481 e. The van der Waals surface area contributed by atoms with E-state index in [0.717, 1.165) is 27.4 Å². The van der Waals surface area contributed by atoms with Crippen LogP contribution in [0.4, 0.5) is 0 Å². The molecule has 2 aromatic carbocycles. The maximum absolute atomic E-state index is 5.51. The second kappa shape index (κ2) is 5.86. The van der Waals surface area contributed by atoms with Crippen LogP contribution in [0.15, 0.2) is 53.0 Å². The number of aromatic nitrogens is 1. The molecule has 3 rings (SSSR count). The van der Waals surface area contributed by atoms with Gasteiger partial charge in [0.25, 0.3) is 0 Å². The lowest BCUT2D eigenvalue weighted by molar-refractivity contribution is 0.395. The first-order chi connectivity index (χ1) is 10.2. The van der Waals surface area contributed by atoms with E-state index in [1.165, 1.54) is 11.1 Å². The van der Waals surface area contributed by atoms with E-state index in [1.807, 2.05) is 18.2 Å². The number of ether oxygens (including phenoxy) is 1. The molecular weight excluding hydrogens is 326 g/mol. The van der Waals surface area contributed by atoms with Gasteiger partial charge in [-0.1, -0.05) is 53.2 Å². The summed E-state index contributed by atoms with van der Waals surface area (Å²) >= 11 is 3.56. The Morgan fingerprint density at radius 1 is 1.10 bits per heavy atom. The summed E-state index contributed by atoms with van der Waals surface area (Å²) in [6.45, 7) is 2.13. The summed E-state index contributed by atoms with van der Waals surface area (Å²) in [7, 11) is 1.68. The lowest BCUT2D eigenvalue weighted by Gasteiger charge is -2.15. The Balaban J connectivity index is 2.42. The molecule has 2 nitrogen and oxygen atoms in total. The van der Waals surface area contributed by atoms with Crippen LogP contribution in [0.3, 0.4) is 0 Å². The molecule has 1 heterocycles. The molecule has 3 heteroatoms. The molecule has 0 fully saturated rings. The predicted octanol–water partition coefficient (Wildman–Crippen LogP) is 5.24. The topological polar surface area (TPSA) is 22.1 Å². The third-order valence-electron chi connectivity index (χ3n) is 3.62. The first-order valence-corrected chi connectivity index (χ1v) is 7.75. The molecule has 3 aromatic rings. The highest BCUT2D eigenvalue weighted by atomic mass is 79.9. The summed E-state index contributed by atoms with van der Waals surface area (Å²) in [4.78, 5) is 4.64. The minimum atomic E-state index is 0.714. The van der Waals surface area contributed by atoms with Gasteiger partial charge in [-0.15, -0.1) is 0 Å². The third kappa shape index (κ3) is 2.54. The van der Waals surface area contributed by atoms with E-state index in [4.69, 9.17) is 4.74 Å². The zero-order chi connectivity index (χ0) is 14.8. The molecular formula is C18H16BrNO. The van der Waals surface area contributed by atoms with Crippen LogP contribution in [0.1, 0.15) is 12.5 Å². The number of benzene rings is 2. The molecule has 0 spiro atoms. The van der Waals surface area contributed by atoms with Crippen LogP contribution < -0.4 is 4.74 Å². The van der Waals surface area contributed by atoms with Gasteiger partial charge in [0, 0.05) is 15.4 Å². The molecule has 1 aromatic heterocycles. The predicted molar refractivity (Wildman–Crippen MR) is 90.8 cm³/mol. The van der Waals surface area contributed by atoms with Crippen molar-refractivity contribution in [2.24, 2.45) is 0 Å². The molecule has 0 saturated heterocycles. The van der Waals surface area contributed by atoms with E-state index in [-0.39, 0.29) is 0 Å². The number of para-hydroxylation sites is 1. The first-order valence-electron chi connectivity index (χ1n) is 6.96. The largest absolute Gasteiger partial charge is 0.481 e. The van der Waals surface area contributed by atoms with Crippen LogP contribution in [-0.4, -0.2) is 12.1 Å². The fraction of sp³-hybridized carbons (Fsp3) is 0.167. The third-order valence-corrected chi connectivity index (χ3v) is 4.11. The Bertz CT molecular complexity index is 798. The Morgan fingerprint density at radius 2 is 1.90 bits per heavy atom. The van der Waals surface area contributed by atoms with Gasteiger partial charge in [0.05, 0.1) is 12.6 Å². The highest BCUT2D eigenvalue weighted by molar-refractivity contribution is 9.10. The van der Waals surface area contributed by atoms with Crippen molar-refractivity contribution in [1.82, 2.24) is 4.98 Å². The van der Waals surface area contributed by atoms with Crippen LogP contribution in [0.2, 0.25) is 0 Å².